The molecule has 0 aromatic heterocycles. The number of amides is 2. The van der Waals surface area contributed by atoms with Gasteiger partial charge in [-0.3, -0.25) is 0 Å². The molecule has 0 aliphatic rings. The van der Waals surface area contributed by atoms with Crippen molar-refractivity contribution in [3.05, 3.63) is 58.6 Å². The topological polar surface area (TPSA) is 41.1 Å². The first-order valence-electron chi connectivity index (χ1n) is 7.52. The molecular formula is C18H18ClF3N2O. The smallest absolute Gasteiger partial charge is 0.308 e. The van der Waals surface area contributed by atoms with E-state index in [1.807, 2.05) is 12.1 Å². The number of hydrogen-bond donors (Lipinski definition) is 2. The summed E-state index contributed by atoms with van der Waals surface area (Å²) < 4.78 is 38.5. The van der Waals surface area contributed by atoms with Crippen molar-refractivity contribution in [2.24, 2.45) is 0 Å². The summed E-state index contributed by atoms with van der Waals surface area (Å²) in [5, 5.41) is 4.52. The van der Waals surface area contributed by atoms with Crippen LogP contribution in [0, 0.1) is 0 Å². The third-order valence-electron chi connectivity index (χ3n) is 3.54. The lowest BCUT2D eigenvalue weighted by Gasteiger charge is -2.19. The Morgan fingerprint density at radius 2 is 1.44 bits per heavy atom. The predicted molar refractivity (Wildman–Crippen MR) is 94.2 cm³/mol. The fourth-order valence-electron chi connectivity index (χ4n) is 2.17. The summed E-state index contributed by atoms with van der Waals surface area (Å²) in [4.78, 5) is 12.0. The van der Waals surface area contributed by atoms with Gasteiger partial charge in [-0.25, -0.2) is 4.79 Å². The lowest BCUT2D eigenvalue weighted by atomic mass is 9.87. The van der Waals surface area contributed by atoms with Gasteiger partial charge in [-0.2, -0.15) is 13.2 Å². The first-order valence-corrected chi connectivity index (χ1v) is 7.90. The molecule has 0 saturated carbocycles. The van der Waals surface area contributed by atoms with E-state index < -0.39 is 22.8 Å². The number of halogens is 4. The fourth-order valence-corrected chi connectivity index (χ4v) is 2.39. The lowest BCUT2D eigenvalue weighted by Crippen LogP contribution is -2.20. The number of carbonyl (C=O) groups excluding carboxylic acids is 1. The van der Waals surface area contributed by atoms with Crippen LogP contribution < -0.4 is 10.6 Å². The molecule has 2 rings (SSSR count). The zero-order valence-electron chi connectivity index (χ0n) is 14.0. The maximum Gasteiger partial charge on any atom is 0.417 e. The summed E-state index contributed by atoms with van der Waals surface area (Å²) in [7, 11) is 0. The highest BCUT2D eigenvalue weighted by molar-refractivity contribution is 6.31. The van der Waals surface area contributed by atoms with Gasteiger partial charge in [-0.1, -0.05) is 44.5 Å². The van der Waals surface area contributed by atoms with Crippen molar-refractivity contribution in [1.82, 2.24) is 0 Å². The average molecular weight is 371 g/mol. The van der Waals surface area contributed by atoms with Crippen LogP contribution in [-0.4, -0.2) is 6.03 Å². The quantitative estimate of drug-likeness (QED) is 0.639. The molecule has 2 amide bonds. The van der Waals surface area contributed by atoms with Gasteiger partial charge in [0.2, 0.25) is 0 Å². The first kappa shape index (κ1) is 19.1. The van der Waals surface area contributed by atoms with Crippen LogP contribution in [0.25, 0.3) is 0 Å². The normalized spacial score (nSPS) is 12.0. The summed E-state index contributed by atoms with van der Waals surface area (Å²) in [5.41, 5.74) is 0.626. The fraction of sp³-hybridized carbons (Fsp3) is 0.278. The van der Waals surface area contributed by atoms with E-state index >= 15 is 0 Å². The number of alkyl halides is 3. The molecule has 0 saturated heterocycles. The predicted octanol–water partition coefficient (Wildman–Crippen LogP) is 6.30. The molecule has 2 aromatic rings. The highest BCUT2D eigenvalue weighted by Crippen LogP contribution is 2.36. The molecule has 0 fully saturated rings. The highest BCUT2D eigenvalue weighted by atomic mass is 35.5. The van der Waals surface area contributed by atoms with Crippen LogP contribution in [0.3, 0.4) is 0 Å². The van der Waals surface area contributed by atoms with Crippen LogP contribution in [0.15, 0.2) is 42.5 Å². The number of carbonyl (C=O) groups is 1. The van der Waals surface area contributed by atoms with Crippen molar-refractivity contribution < 1.29 is 18.0 Å². The maximum atomic E-state index is 12.8. The molecule has 0 unspecified atom stereocenters. The number of rotatable bonds is 2. The van der Waals surface area contributed by atoms with Crippen molar-refractivity contribution >= 4 is 29.0 Å². The van der Waals surface area contributed by atoms with E-state index in [4.69, 9.17) is 11.6 Å². The van der Waals surface area contributed by atoms with E-state index in [0.717, 1.165) is 17.7 Å². The summed E-state index contributed by atoms with van der Waals surface area (Å²) >= 11 is 5.55. The lowest BCUT2D eigenvalue weighted by molar-refractivity contribution is -0.137. The molecule has 2 aromatic carbocycles. The minimum atomic E-state index is -4.59. The van der Waals surface area contributed by atoms with Gasteiger partial charge in [-0.05, 0) is 41.3 Å². The van der Waals surface area contributed by atoms with E-state index in [2.05, 4.69) is 31.4 Å². The number of urea groups is 1. The molecule has 134 valence electrons. The minimum Gasteiger partial charge on any atom is -0.308 e. The molecule has 0 radical (unpaired) electrons. The Balaban J connectivity index is 2.08. The molecule has 0 aliphatic carbocycles. The Morgan fingerprint density at radius 1 is 0.920 bits per heavy atom. The van der Waals surface area contributed by atoms with Crippen molar-refractivity contribution in [3.63, 3.8) is 0 Å². The minimum absolute atomic E-state index is 0.000497. The molecule has 0 spiro atoms. The average Bonchev–Trinajstić information content (AvgIpc) is 2.47. The number of benzene rings is 2. The summed E-state index contributed by atoms with van der Waals surface area (Å²) in [5.74, 6) is 0. The van der Waals surface area contributed by atoms with Gasteiger partial charge in [0.15, 0.2) is 0 Å². The van der Waals surface area contributed by atoms with Crippen LogP contribution in [0.1, 0.15) is 31.9 Å². The molecule has 7 heteroatoms. The molecule has 25 heavy (non-hydrogen) atoms. The van der Waals surface area contributed by atoms with Crippen LogP contribution in [-0.2, 0) is 11.6 Å². The van der Waals surface area contributed by atoms with Crippen LogP contribution in [0.2, 0.25) is 5.02 Å². The van der Waals surface area contributed by atoms with Gasteiger partial charge in [0, 0.05) is 11.4 Å². The summed E-state index contributed by atoms with van der Waals surface area (Å²) in [6, 6.07) is 9.81. The zero-order valence-corrected chi connectivity index (χ0v) is 14.7. The van der Waals surface area contributed by atoms with E-state index in [1.54, 1.807) is 12.1 Å². The van der Waals surface area contributed by atoms with Crippen LogP contribution in [0.4, 0.5) is 29.3 Å². The van der Waals surface area contributed by atoms with Crippen LogP contribution in [0.5, 0.6) is 0 Å². The summed E-state index contributed by atoms with van der Waals surface area (Å²) in [6.07, 6.45) is -4.59. The highest BCUT2D eigenvalue weighted by Gasteiger charge is 2.33. The van der Waals surface area contributed by atoms with Crippen molar-refractivity contribution in [2.75, 3.05) is 10.6 Å². The standard InChI is InChI=1S/C18H18ClF3N2O/c1-17(2,3)11-4-6-12(7-5-11)23-16(25)24-13-8-9-15(19)14(10-13)18(20,21)22/h4-10H,1-3H3,(H2,23,24,25). The molecule has 3 nitrogen and oxygen atoms in total. The Hall–Kier alpha value is -2.21. The molecular weight excluding hydrogens is 353 g/mol. The molecule has 0 heterocycles. The van der Waals surface area contributed by atoms with Crippen molar-refractivity contribution in [1.29, 1.82) is 0 Å². The van der Waals surface area contributed by atoms with Gasteiger partial charge in [-0.15, -0.1) is 0 Å². The molecule has 2 N–H and O–H groups in total. The Morgan fingerprint density at radius 3 is 1.96 bits per heavy atom. The molecule has 0 bridgehead atoms. The third kappa shape index (κ3) is 5.13. The van der Waals surface area contributed by atoms with Gasteiger partial charge in [0.25, 0.3) is 0 Å². The Bertz CT molecular complexity index is 765. The first-order chi connectivity index (χ1) is 11.5. The van der Waals surface area contributed by atoms with E-state index in [0.29, 0.717) is 5.69 Å². The number of anilines is 2. The van der Waals surface area contributed by atoms with Gasteiger partial charge < -0.3 is 10.6 Å². The van der Waals surface area contributed by atoms with E-state index in [1.165, 1.54) is 6.07 Å². The zero-order chi connectivity index (χ0) is 18.8. The van der Waals surface area contributed by atoms with E-state index in [9.17, 15) is 18.0 Å². The van der Waals surface area contributed by atoms with Crippen LogP contribution >= 0.6 is 11.6 Å². The summed E-state index contributed by atoms with van der Waals surface area (Å²) in [6.45, 7) is 6.21. The van der Waals surface area contributed by atoms with Gasteiger partial charge in [0.1, 0.15) is 0 Å². The van der Waals surface area contributed by atoms with Gasteiger partial charge in [0.05, 0.1) is 10.6 Å². The number of nitrogens with one attached hydrogen (secondary N) is 2. The van der Waals surface area contributed by atoms with Gasteiger partial charge >= 0.3 is 12.2 Å². The SMILES string of the molecule is CC(C)(C)c1ccc(NC(=O)Nc2ccc(Cl)c(C(F)(F)F)c2)cc1. The van der Waals surface area contributed by atoms with E-state index in [-0.39, 0.29) is 11.1 Å². The second kappa shape index (κ2) is 6.96. The third-order valence-corrected chi connectivity index (χ3v) is 3.87. The molecule has 0 atom stereocenters. The Labute approximate surface area is 149 Å². The maximum absolute atomic E-state index is 12.8. The number of hydrogen-bond acceptors (Lipinski definition) is 1. The molecule has 0 aliphatic heterocycles. The Kier molecular flexibility index (Phi) is 5.32. The second-order valence-electron chi connectivity index (χ2n) is 6.60. The largest absolute Gasteiger partial charge is 0.417 e. The van der Waals surface area contributed by atoms with Crippen molar-refractivity contribution in [3.8, 4) is 0 Å². The second-order valence-corrected chi connectivity index (χ2v) is 7.01. The monoisotopic (exact) mass is 370 g/mol. The van der Waals surface area contributed by atoms with Crippen molar-refractivity contribution in [2.45, 2.75) is 32.4 Å².